The monoisotopic (exact) mass is 345 g/mol. The lowest BCUT2D eigenvalue weighted by molar-refractivity contribution is -0.148. The van der Waals surface area contributed by atoms with Crippen LogP contribution in [0, 0.1) is 11.3 Å². The number of carboxylic acid groups (broad SMARTS) is 1. The van der Waals surface area contributed by atoms with E-state index in [0.29, 0.717) is 19.6 Å². The van der Waals surface area contributed by atoms with E-state index in [9.17, 15) is 14.7 Å². The molecule has 2 aliphatic heterocycles. The fourth-order valence-electron chi connectivity index (χ4n) is 4.16. The van der Waals surface area contributed by atoms with Gasteiger partial charge in [0.15, 0.2) is 0 Å². The Kier molecular flexibility index (Phi) is 4.73. The van der Waals surface area contributed by atoms with Gasteiger partial charge in [-0.3, -0.25) is 9.69 Å². The Morgan fingerprint density at radius 3 is 2.32 bits per heavy atom. The van der Waals surface area contributed by atoms with Crippen molar-refractivity contribution >= 4 is 12.0 Å². The van der Waals surface area contributed by atoms with Crippen molar-refractivity contribution in [2.24, 2.45) is 11.3 Å². The van der Waals surface area contributed by atoms with Crippen LogP contribution < -0.4 is 0 Å². The summed E-state index contributed by atoms with van der Waals surface area (Å²) >= 11 is 0. The average Bonchev–Trinajstić information content (AvgIpc) is 3.09. The van der Waals surface area contributed by atoms with Gasteiger partial charge in [0.05, 0.1) is 0 Å². The van der Waals surface area contributed by atoms with Crippen LogP contribution in [0.2, 0.25) is 0 Å². The predicted molar refractivity (Wildman–Crippen MR) is 95.3 cm³/mol. The number of aryl methyl sites for hydroxylation is 1. The van der Waals surface area contributed by atoms with Crippen molar-refractivity contribution in [2.45, 2.75) is 19.9 Å². The van der Waals surface area contributed by atoms with E-state index in [-0.39, 0.29) is 11.9 Å². The maximum absolute atomic E-state index is 12.2. The fourth-order valence-corrected chi connectivity index (χ4v) is 4.16. The van der Waals surface area contributed by atoms with Crippen molar-refractivity contribution in [1.82, 2.24) is 14.7 Å². The number of hydrogen-bond donors (Lipinski definition) is 1. The predicted octanol–water partition coefficient (Wildman–Crippen LogP) is 1.75. The molecule has 2 saturated heterocycles. The highest BCUT2D eigenvalue weighted by atomic mass is 16.4. The lowest BCUT2D eigenvalue weighted by atomic mass is 9.81. The molecular formula is C19H27N3O3. The molecule has 25 heavy (non-hydrogen) atoms. The van der Waals surface area contributed by atoms with Gasteiger partial charge in [0, 0.05) is 52.7 Å². The third kappa shape index (κ3) is 3.23. The number of rotatable bonds is 4. The second kappa shape index (κ2) is 6.67. The van der Waals surface area contributed by atoms with E-state index in [1.54, 1.807) is 19.0 Å². The second-order valence-electron chi connectivity index (χ2n) is 7.56. The number of likely N-dealkylation sites (tertiary alicyclic amines) is 2. The Morgan fingerprint density at radius 1 is 1.16 bits per heavy atom. The van der Waals surface area contributed by atoms with Gasteiger partial charge >= 0.3 is 12.0 Å². The van der Waals surface area contributed by atoms with E-state index in [4.69, 9.17) is 0 Å². The average molecular weight is 345 g/mol. The molecule has 6 nitrogen and oxygen atoms in total. The summed E-state index contributed by atoms with van der Waals surface area (Å²) in [7, 11) is 3.41. The minimum atomic E-state index is -0.838. The highest BCUT2D eigenvalue weighted by molar-refractivity contribution is 5.80. The van der Waals surface area contributed by atoms with Gasteiger partial charge in [0.2, 0.25) is 0 Å². The highest BCUT2D eigenvalue weighted by Crippen LogP contribution is 2.43. The Balaban J connectivity index is 1.71. The standard InChI is InChI=1S/C19H27N3O3/c1-4-14-5-7-15(8-6-14)9-21-10-16-11-22(18(25)20(2)3)13-19(16,12-21)17(23)24/h5-8,16H,4,9-13H2,1-3H3,(H,23,24)/t16?,19-/m0/s1. The van der Waals surface area contributed by atoms with E-state index in [1.807, 2.05) is 0 Å². The molecule has 1 unspecified atom stereocenters. The van der Waals surface area contributed by atoms with E-state index < -0.39 is 11.4 Å². The molecule has 0 spiro atoms. The molecule has 3 rings (SSSR count). The van der Waals surface area contributed by atoms with Crippen LogP contribution in [0.5, 0.6) is 0 Å². The number of urea groups is 1. The number of benzene rings is 1. The number of hydrogen-bond acceptors (Lipinski definition) is 3. The SMILES string of the molecule is CCc1ccc(CN2CC3CN(C(=O)N(C)C)C[C@@]3(C(=O)O)C2)cc1. The number of carbonyl (C=O) groups excluding carboxylic acids is 1. The summed E-state index contributed by atoms with van der Waals surface area (Å²) in [6.45, 7) is 4.94. The van der Waals surface area contributed by atoms with E-state index in [0.717, 1.165) is 19.5 Å². The molecule has 1 aromatic carbocycles. The lowest BCUT2D eigenvalue weighted by Gasteiger charge is -2.27. The van der Waals surface area contributed by atoms with Crippen LogP contribution in [-0.2, 0) is 17.8 Å². The molecule has 1 N–H and O–H groups in total. The molecule has 0 saturated carbocycles. The normalized spacial score (nSPS) is 25.9. The minimum absolute atomic E-state index is 0.0104. The van der Waals surface area contributed by atoms with Crippen LogP contribution in [0.15, 0.2) is 24.3 Å². The van der Waals surface area contributed by atoms with Crippen LogP contribution in [0.25, 0.3) is 0 Å². The largest absolute Gasteiger partial charge is 0.481 e. The van der Waals surface area contributed by atoms with Gasteiger partial charge in [0.25, 0.3) is 0 Å². The minimum Gasteiger partial charge on any atom is -0.481 e. The third-order valence-electron chi connectivity index (χ3n) is 5.60. The van der Waals surface area contributed by atoms with Gasteiger partial charge in [0.1, 0.15) is 5.41 Å². The van der Waals surface area contributed by atoms with Crippen LogP contribution in [-0.4, -0.2) is 72.1 Å². The molecule has 2 aliphatic rings. The third-order valence-corrected chi connectivity index (χ3v) is 5.60. The van der Waals surface area contributed by atoms with Crippen LogP contribution >= 0.6 is 0 Å². The van der Waals surface area contributed by atoms with Crippen LogP contribution in [0.3, 0.4) is 0 Å². The van der Waals surface area contributed by atoms with Gasteiger partial charge in [-0.2, -0.15) is 0 Å². The number of amides is 2. The first-order valence-electron chi connectivity index (χ1n) is 8.85. The smallest absolute Gasteiger partial charge is 0.319 e. The molecular weight excluding hydrogens is 318 g/mol. The number of carbonyl (C=O) groups is 2. The van der Waals surface area contributed by atoms with Crippen molar-refractivity contribution in [3.8, 4) is 0 Å². The zero-order valence-corrected chi connectivity index (χ0v) is 15.2. The zero-order valence-electron chi connectivity index (χ0n) is 15.2. The zero-order chi connectivity index (χ0) is 18.2. The summed E-state index contributed by atoms with van der Waals surface area (Å²) in [5.74, 6) is -0.792. The number of nitrogens with zero attached hydrogens (tertiary/aromatic N) is 3. The topological polar surface area (TPSA) is 64.1 Å². The number of carboxylic acids is 1. The molecule has 1 aromatic rings. The second-order valence-corrected chi connectivity index (χ2v) is 7.56. The number of aliphatic carboxylic acids is 1. The van der Waals surface area contributed by atoms with Gasteiger partial charge in [-0.1, -0.05) is 31.2 Å². The van der Waals surface area contributed by atoms with Crippen molar-refractivity contribution in [1.29, 1.82) is 0 Å². The van der Waals surface area contributed by atoms with Gasteiger partial charge in [-0.05, 0) is 17.5 Å². The number of fused-ring (bicyclic) bond motifs is 1. The molecule has 136 valence electrons. The molecule has 2 amide bonds. The van der Waals surface area contributed by atoms with Crippen molar-refractivity contribution in [3.63, 3.8) is 0 Å². The molecule has 2 heterocycles. The van der Waals surface area contributed by atoms with Crippen LogP contribution in [0.4, 0.5) is 4.79 Å². The maximum atomic E-state index is 12.2. The van der Waals surface area contributed by atoms with Gasteiger partial charge in [-0.15, -0.1) is 0 Å². The molecule has 2 fully saturated rings. The quantitative estimate of drug-likeness (QED) is 0.903. The Labute approximate surface area is 149 Å². The summed E-state index contributed by atoms with van der Waals surface area (Å²) in [5, 5.41) is 9.89. The molecule has 0 radical (unpaired) electrons. The molecule has 0 bridgehead atoms. The Morgan fingerprint density at radius 2 is 1.80 bits per heavy atom. The maximum Gasteiger partial charge on any atom is 0.319 e. The summed E-state index contributed by atoms with van der Waals surface area (Å²) in [5.41, 5.74) is 1.68. The Hall–Kier alpha value is -2.08. The van der Waals surface area contributed by atoms with E-state index in [1.165, 1.54) is 16.0 Å². The van der Waals surface area contributed by atoms with Crippen molar-refractivity contribution < 1.29 is 14.7 Å². The molecule has 0 aliphatic carbocycles. The molecule has 6 heteroatoms. The molecule has 0 aromatic heterocycles. The fraction of sp³-hybridized carbons (Fsp3) is 0.579. The molecule has 2 atom stereocenters. The lowest BCUT2D eigenvalue weighted by Crippen LogP contribution is -2.44. The van der Waals surface area contributed by atoms with Crippen molar-refractivity contribution in [3.05, 3.63) is 35.4 Å². The summed E-state index contributed by atoms with van der Waals surface area (Å²) < 4.78 is 0. The van der Waals surface area contributed by atoms with Gasteiger partial charge in [-0.25, -0.2) is 4.79 Å². The Bertz CT molecular complexity index is 658. The first kappa shape index (κ1) is 17.7. The van der Waals surface area contributed by atoms with Gasteiger partial charge < -0.3 is 14.9 Å². The summed E-state index contributed by atoms with van der Waals surface area (Å²) in [4.78, 5) is 29.7. The van der Waals surface area contributed by atoms with Crippen LogP contribution in [0.1, 0.15) is 18.1 Å². The summed E-state index contributed by atoms with van der Waals surface area (Å²) in [6, 6.07) is 8.43. The van der Waals surface area contributed by atoms with E-state index >= 15 is 0 Å². The van der Waals surface area contributed by atoms with Crippen molar-refractivity contribution in [2.75, 3.05) is 40.3 Å². The first-order chi connectivity index (χ1) is 11.9. The highest BCUT2D eigenvalue weighted by Gasteiger charge is 2.58. The first-order valence-corrected chi connectivity index (χ1v) is 8.85. The van der Waals surface area contributed by atoms with E-state index in [2.05, 4.69) is 36.1 Å². The summed E-state index contributed by atoms with van der Waals surface area (Å²) in [6.07, 6.45) is 1.02.